The summed E-state index contributed by atoms with van der Waals surface area (Å²) in [7, 11) is 0. The van der Waals surface area contributed by atoms with Crippen LogP contribution in [0.1, 0.15) is 22.6 Å². The van der Waals surface area contributed by atoms with Gasteiger partial charge in [-0.05, 0) is 23.1 Å². The van der Waals surface area contributed by atoms with Gasteiger partial charge in [-0.25, -0.2) is 0 Å². The van der Waals surface area contributed by atoms with Crippen LogP contribution in [0.4, 0.5) is 11.5 Å². The average Bonchev–Trinajstić information content (AvgIpc) is 2.79. The molecule has 0 saturated carbocycles. The molecule has 1 atom stereocenters. The molecule has 1 aliphatic rings. The molecule has 3 heterocycles. The van der Waals surface area contributed by atoms with Crippen molar-refractivity contribution >= 4 is 33.2 Å². The van der Waals surface area contributed by atoms with Crippen LogP contribution in [0.2, 0.25) is 0 Å². The molecule has 0 spiro atoms. The standard InChI is InChI=1S/C25H17N3O2/c29-24-16-11-5-4-10-15(16)21-19(14-8-2-1-3-9-14)20-17-12-6-7-13-18(17)26-25(30)22(20)27-23(21)28-24/h1-13,19H,(H,26,30)(H2,27,28,29). The number of rotatable bonds is 1. The van der Waals surface area contributed by atoms with E-state index in [4.69, 9.17) is 0 Å². The van der Waals surface area contributed by atoms with Gasteiger partial charge in [0.25, 0.3) is 11.1 Å². The number of benzene rings is 3. The summed E-state index contributed by atoms with van der Waals surface area (Å²) in [6, 6.07) is 25.6. The van der Waals surface area contributed by atoms with Gasteiger partial charge in [0.1, 0.15) is 11.5 Å². The topological polar surface area (TPSA) is 77.8 Å². The highest BCUT2D eigenvalue weighted by Crippen LogP contribution is 2.47. The van der Waals surface area contributed by atoms with Crippen LogP contribution in [0.15, 0.2) is 88.5 Å². The molecule has 1 unspecified atom stereocenters. The zero-order valence-corrected chi connectivity index (χ0v) is 15.9. The molecule has 1 aliphatic heterocycles. The molecule has 5 aromatic rings. The summed E-state index contributed by atoms with van der Waals surface area (Å²) in [5, 5.41) is 5.73. The molecule has 0 bridgehead atoms. The van der Waals surface area contributed by atoms with Gasteiger partial charge in [0.15, 0.2) is 0 Å². The molecule has 0 radical (unpaired) electrons. The van der Waals surface area contributed by atoms with E-state index in [1.54, 1.807) is 0 Å². The number of aromatic amines is 2. The predicted molar refractivity (Wildman–Crippen MR) is 120 cm³/mol. The fourth-order valence-corrected chi connectivity index (χ4v) is 4.64. The zero-order valence-electron chi connectivity index (χ0n) is 15.9. The summed E-state index contributed by atoms with van der Waals surface area (Å²) in [6.45, 7) is 0. The predicted octanol–water partition coefficient (Wildman–Crippen LogP) is 4.61. The molecule has 0 fully saturated rings. The van der Waals surface area contributed by atoms with Gasteiger partial charge in [0.2, 0.25) is 0 Å². The fourth-order valence-electron chi connectivity index (χ4n) is 4.64. The van der Waals surface area contributed by atoms with Crippen molar-refractivity contribution in [1.29, 1.82) is 0 Å². The van der Waals surface area contributed by atoms with Gasteiger partial charge in [-0.15, -0.1) is 0 Å². The van der Waals surface area contributed by atoms with Gasteiger partial charge in [-0.3, -0.25) is 9.59 Å². The molecule has 0 amide bonds. The smallest absolute Gasteiger partial charge is 0.272 e. The number of aromatic nitrogens is 2. The Labute approximate surface area is 171 Å². The molecule has 0 aliphatic carbocycles. The molecule has 5 nitrogen and oxygen atoms in total. The Morgan fingerprint density at radius 1 is 0.600 bits per heavy atom. The van der Waals surface area contributed by atoms with Crippen molar-refractivity contribution in [1.82, 2.24) is 9.97 Å². The van der Waals surface area contributed by atoms with E-state index in [9.17, 15) is 9.59 Å². The maximum atomic E-state index is 13.0. The van der Waals surface area contributed by atoms with Gasteiger partial charge >= 0.3 is 0 Å². The SMILES string of the molecule is O=c1[nH]c2ccccc2c2c1Nc1[nH]c(=O)c3ccccc3c1C2c1ccccc1. The third-order valence-corrected chi connectivity index (χ3v) is 5.89. The Hall–Kier alpha value is -4.12. The Kier molecular flexibility index (Phi) is 3.47. The van der Waals surface area contributed by atoms with E-state index < -0.39 is 0 Å². The van der Waals surface area contributed by atoms with Crippen LogP contribution >= 0.6 is 0 Å². The van der Waals surface area contributed by atoms with Gasteiger partial charge in [-0.2, -0.15) is 0 Å². The molecule has 6 rings (SSSR count). The number of pyridine rings is 2. The summed E-state index contributed by atoms with van der Waals surface area (Å²) >= 11 is 0. The van der Waals surface area contributed by atoms with Crippen LogP contribution in [-0.2, 0) is 0 Å². The van der Waals surface area contributed by atoms with Crippen molar-refractivity contribution in [3.8, 4) is 0 Å². The largest absolute Gasteiger partial charge is 0.337 e. The van der Waals surface area contributed by atoms with E-state index in [-0.39, 0.29) is 17.0 Å². The Morgan fingerprint density at radius 3 is 2.07 bits per heavy atom. The van der Waals surface area contributed by atoms with Crippen LogP contribution in [0.3, 0.4) is 0 Å². The quantitative estimate of drug-likeness (QED) is 0.383. The van der Waals surface area contributed by atoms with Crippen LogP contribution in [0, 0.1) is 0 Å². The van der Waals surface area contributed by atoms with Crippen LogP contribution in [0.5, 0.6) is 0 Å². The fraction of sp³-hybridized carbons (Fsp3) is 0.0400. The maximum Gasteiger partial charge on any atom is 0.272 e. The lowest BCUT2D eigenvalue weighted by atomic mass is 9.79. The van der Waals surface area contributed by atoms with E-state index >= 15 is 0 Å². The van der Waals surface area contributed by atoms with Crippen LogP contribution in [-0.4, -0.2) is 9.97 Å². The summed E-state index contributed by atoms with van der Waals surface area (Å²) in [5.41, 5.74) is 3.84. The molecule has 5 heteroatoms. The third kappa shape index (κ3) is 2.29. The van der Waals surface area contributed by atoms with E-state index in [2.05, 4.69) is 27.4 Å². The first-order valence-corrected chi connectivity index (χ1v) is 9.84. The molecule has 2 aromatic heterocycles. The number of H-pyrrole nitrogens is 2. The summed E-state index contributed by atoms with van der Waals surface area (Å²) in [6.07, 6.45) is 0. The number of nitrogens with one attached hydrogen (secondary N) is 3. The minimum absolute atomic E-state index is 0.177. The van der Waals surface area contributed by atoms with E-state index in [0.29, 0.717) is 16.9 Å². The summed E-state index contributed by atoms with van der Waals surface area (Å²) in [5.74, 6) is 0.368. The second kappa shape index (κ2) is 6.19. The summed E-state index contributed by atoms with van der Waals surface area (Å²) < 4.78 is 0. The van der Waals surface area contributed by atoms with Gasteiger partial charge < -0.3 is 15.3 Å². The Morgan fingerprint density at radius 2 is 1.27 bits per heavy atom. The monoisotopic (exact) mass is 391 g/mol. The number of hydrogen-bond acceptors (Lipinski definition) is 3. The maximum absolute atomic E-state index is 13.0. The first kappa shape index (κ1) is 16.8. The van der Waals surface area contributed by atoms with Crippen molar-refractivity contribution in [3.05, 3.63) is 116 Å². The lowest BCUT2D eigenvalue weighted by Crippen LogP contribution is -2.26. The molecule has 0 saturated heterocycles. The van der Waals surface area contributed by atoms with Crippen molar-refractivity contribution < 1.29 is 0 Å². The van der Waals surface area contributed by atoms with E-state index in [1.807, 2.05) is 66.7 Å². The number of anilines is 2. The highest BCUT2D eigenvalue weighted by Gasteiger charge is 2.33. The lowest BCUT2D eigenvalue weighted by Gasteiger charge is -2.31. The Balaban J connectivity index is 1.82. The van der Waals surface area contributed by atoms with Gasteiger partial charge in [0.05, 0.1) is 0 Å². The summed E-state index contributed by atoms with van der Waals surface area (Å²) in [4.78, 5) is 31.7. The first-order chi connectivity index (χ1) is 14.7. The average molecular weight is 391 g/mol. The van der Waals surface area contributed by atoms with E-state index in [0.717, 1.165) is 33.0 Å². The lowest BCUT2D eigenvalue weighted by molar-refractivity contribution is 0.959. The minimum atomic E-state index is -0.204. The number of hydrogen-bond donors (Lipinski definition) is 3. The van der Waals surface area contributed by atoms with Crippen molar-refractivity contribution in [2.45, 2.75) is 5.92 Å². The van der Waals surface area contributed by atoms with Crippen LogP contribution in [0.25, 0.3) is 21.7 Å². The third-order valence-electron chi connectivity index (χ3n) is 5.89. The van der Waals surface area contributed by atoms with Gasteiger partial charge in [-0.1, -0.05) is 66.7 Å². The van der Waals surface area contributed by atoms with Crippen molar-refractivity contribution in [2.24, 2.45) is 0 Å². The Bertz CT molecular complexity index is 1570. The minimum Gasteiger partial charge on any atom is -0.337 e. The van der Waals surface area contributed by atoms with Crippen molar-refractivity contribution in [3.63, 3.8) is 0 Å². The normalized spacial score (nSPS) is 14.9. The molecule has 3 aromatic carbocycles. The number of fused-ring (bicyclic) bond motifs is 6. The van der Waals surface area contributed by atoms with Gasteiger partial charge in [0, 0.05) is 33.3 Å². The first-order valence-electron chi connectivity index (χ1n) is 9.84. The second-order valence-electron chi connectivity index (χ2n) is 7.55. The second-order valence-corrected chi connectivity index (χ2v) is 7.55. The molecule has 3 N–H and O–H groups in total. The van der Waals surface area contributed by atoms with Crippen molar-refractivity contribution in [2.75, 3.05) is 5.32 Å². The number of para-hydroxylation sites is 1. The van der Waals surface area contributed by atoms with E-state index in [1.165, 1.54) is 0 Å². The molecular formula is C25H17N3O2. The highest BCUT2D eigenvalue weighted by molar-refractivity contribution is 5.97. The molecule has 30 heavy (non-hydrogen) atoms. The van der Waals surface area contributed by atoms with Crippen LogP contribution < -0.4 is 16.4 Å². The zero-order chi connectivity index (χ0) is 20.2. The molecule has 144 valence electrons. The molecular weight excluding hydrogens is 374 g/mol. The highest BCUT2D eigenvalue weighted by atomic mass is 16.1.